The van der Waals surface area contributed by atoms with Gasteiger partial charge in [-0.1, -0.05) is 37.3 Å². The van der Waals surface area contributed by atoms with Gasteiger partial charge in [-0.3, -0.25) is 9.59 Å². The fourth-order valence-corrected chi connectivity index (χ4v) is 2.57. The molecule has 0 atom stereocenters. The van der Waals surface area contributed by atoms with Crippen molar-refractivity contribution in [2.24, 2.45) is 5.73 Å². The van der Waals surface area contributed by atoms with Crippen LogP contribution in [0, 0.1) is 0 Å². The zero-order valence-corrected chi connectivity index (χ0v) is 15.2. The van der Waals surface area contributed by atoms with Crippen LogP contribution in [0.1, 0.15) is 35.7 Å². The number of nitrogens with zero attached hydrogens (tertiary/aromatic N) is 1. The second-order valence-electron chi connectivity index (χ2n) is 6.12. The van der Waals surface area contributed by atoms with Gasteiger partial charge >= 0.3 is 0 Å². The Hall–Kier alpha value is -2.82. The van der Waals surface area contributed by atoms with Crippen molar-refractivity contribution in [3.63, 3.8) is 0 Å². The van der Waals surface area contributed by atoms with Gasteiger partial charge < -0.3 is 15.4 Å². The third kappa shape index (κ3) is 6.24. The topological polar surface area (TPSA) is 72.6 Å². The van der Waals surface area contributed by atoms with Crippen LogP contribution in [-0.4, -0.2) is 36.4 Å². The summed E-state index contributed by atoms with van der Waals surface area (Å²) in [5, 5.41) is 0. The zero-order chi connectivity index (χ0) is 18.8. The van der Waals surface area contributed by atoms with Crippen LogP contribution in [0.4, 0.5) is 0 Å². The van der Waals surface area contributed by atoms with Gasteiger partial charge in [-0.15, -0.1) is 0 Å². The first kappa shape index (κ1) is 19.5. The molecule has 2 N–H and O–H groups in total. The molecule has 0 unspecified atom stereocenters. The van der Waals surface area contributed by atoms with Crippen molar-refractivity contribution >= 4 is 11.8 Å². The molecule has 0 fully saturated rings. The highest BCUT2D eigenvalue weighted by Gasteiger charge is 2.16. The van der Waals surface area contributed by atoms with Crippen LogP contribution >= 0.6 is 0 Å². The maximum absolute atomic E-state index is 12.8. The number of hydrogen-bond donors (Lipinski definition) is 1. The van der Waals surface area contributed by atoms with E-state index in [1.165, 1.54) is 0 Å². The lowest BCUT2D eigenvalue weighted by molar-refractivity contribution is -0.118. The zero-order valence-electron chi connectivity index (χ0n) is 15.2. The SMILES string of the molecule is CCCOc1ccc(C(=O)N(CCC(N)=O)CCc2ccccc2)cc1. The minimum atomic E-state index is -0.411. The molecule has 0 saturated carbocycles. The molecule has 0 spiro atoms. The standard InChI is InChI=1S/C21H26N2O3/c1-2-16-26-19-10-8-18(9-11-19)21(25)23(15-13-20(22)24)14-12-17-6-4-3-5-7-17/h3-11H,2,12-16H2,1H3,(H2,22,24). The van der Waals surface area contributed by atoms with E-state index in [1.807, 2.05) is 37.3 Å². The number of carbonyl (C=O) groups is 2. The lowest BCUT2D eigenvalue weighted by atomic mass is 10.1. The smallest absolute Gasteiger partial charge is 0.253 e. The van der Waals surface area contributed by atoms with Crippen molar-refractivity contribution < 1.29 is 14.3 Å². The Kier molecular flexibility index (Phi) is 7.68. The van der Waals surface area contributed by atoms with Crippen LogP contribution in [0.5, 0.6) is 5.75 Å². The average Bonchev–Trinajstić information content (AvgIpc) is 2.67. The van der Waals surface area contributed by atoms with Gasteiger partial charge in [0, 0.05) is 25.1 Å². The molecule has 0 heterocycles. The van der Waals surface area contributed by atoms with Crippen molar-refractivity contribution in [1.82, 2.24) is 4.90 Å². The highest BCUT2D eigenvalue weighted by molar-refractivity contribution is 5.94. The molecule has 0 aliphatic heterocycles. The van der Waals surface area contributed by atoms with E-state index >= 15 is 0 Å². The summed E-state index contributed by atoms with van der Waals surface area (Å²) in [5.41, 5.74) is 6.98. The fraction of sp³-hybridized carbons (Fsp3) is 0.333. The molecule has 5 nitrogen and oxygen atoms in total. The summed E-state index contributed by atoms with van der Waals surface area (Å²) in [7, 11) is 0. The second kappa shape index (κ2) is 10.2. The van der Waals surface area contributed by atoms with Crippen LogP contribution in [0.25, 0.3) is 0 Å². The second-order valence-corrected chi connectivity index (χ2v) is 6.12. The lowest BCUT2D eigenvalue weighted by Gasteiger charge is -2.22. The summed E-state index contributed by atoms with van der Waals surface area (Å²) in [6.07, 6.45) is 1.81. The predicted molar refractivity (Wildman–Crippen MR) is 102 cm³/mol. The summed E-state index contributed by atoms with van der Waals surface area (Å²) in [6.45, 7) is 3.54. The molecule has 0 bridgehead atoms. The van der Waals surface area contributed by atoms with Crippen molar-refractivity contribution in [2.75, 3.05) is 19.7 Å². The van der Waals surface area contributed by atoms with Crippen LogP contribution in [-0.2, 0) is 11.2 Å². The average molecular weight is 354 g/mol. The molecule has 2 rings (SSSR count). The number of primary amides is 1. The molecule has 0 saturated heterocycles. The van der Waals surface area contributed by atoms with Gasteiger partial charge in [-0.25, -0.2) is 0 Å². The first-order valence-electron chi connectivity index (χ1n) is 8.94. The van der Waals surface area contributed by atoms with E-state index in [0.717, 1.165) is 24.2 Å². The van der Waals surface area contributed by atoms with Gasteiger partial charge in [-0.05, 0) is 42.7 Å². The summed E-state index contributed by atoms with van der Waals surface area (Å²) < 4.78 is 5.55. The van der Waals surface area contributed by atoms with E-state index < -0.39 is 5.91 Å². The Labute approximate surface area is 154 Å². The lowest BCUT2D eigenvalue weighted by Crippen LogP contribution is -2.35. The van der Waals surface area contributed by atoms with Gasteiger partial charge in [0.25, 0.3) is 5.91 Å². The minimum Gasteiger partial charge on any atom is -0.494 e. The fourth-order valence-electron chi connectivity index (χ4n) is 2.57. The van der Waals surface area contributed by atoms with Crippen molar-refractivity contribution in [3.05, 3.63) is 65.7 Å². The molecular weight excluding hydrogens is 328 g/mol. The van der Waals surface area contributed by atoms with Crippen LogP contribution < -0.4 is 10.5 Å². The van der Waals surface area contributed by atoms with Crippen molar-refractivity contribution in [3.8, 4) is 5.75 Å². The molecule has 2 aromatic rings. The highest BCUT2D eigenvalue weighted by Crippen LogP contribution is 2.15. The number of amides is 2. The van der Waals surface area contributed by atoms with E-state index in [2.05, 4.69) is 0 Å². The van der Waals surface area contributed by atoms with E-state index in [1.54, 1.807) is 29.2 Å². The van der Waals surface area contributed by atoms with Crippen molar-refractivity contribution in [1.29, 1.82) is 0 Å². The predicted octanol–water partition coefficient (Wildman–Crippen LogP) is 3.04. The first-order valence-corrected chi connectivity index (χ1v) is 8.94. The van der Waals surface area contributed by atoms with Gasteiger partial charge in [0.05, 0.1) is 6.61 Å². The van der Waals surface area contributed by atoms with Gasteiger partial charge in [0.15, 0.2) is 0 Å². The Morgan fingerprint density at radius 1 is 1.00 bits per heavy atom. The third-order valence-electron chi connectivity index (χ3n) is 4.00. The van der Waals surface area contributed by atoms with Crippen LogP contribution in [0.3, 0.4) is 0 Å². The van der Waals surface area contributed by atoms with Gasteiger partial charge in [-0.2, -0.15) is 0 Å². The number of benzene rings is 2. The molecule has 2 aromatic carbocycles. The Bertz CT molecular complexity index is 699. The minimum absolute atomic E-state index is 0.107. The number of ether oxygens (including phenoxy) is 1. The molecule has 0 aliphatic carbocycles. The summed E-state index contributed by atoms with van der Waals surface area (Å²) in [4.78, 5) is 25.7. The van der Waals surface area contributed by atoms with E-state index in [0.29, 0.717) is 25.3 Å². The van der Waals surface area contributed by atoms with Crippen LogP contribution in [0.2, 0.25) is 0 Å². The molecule has 26 heavy (non-hydrogen) atoms. The maximum atomic E-state index is 12.8. The molecule has 0 aliphatic rings. The van der Waals surface area contributed by atoms with Gasteiger partial charge in [0.1, 0.15) is 5.75 Å². The van der Waals surface area contributed by atoms with Crippen molar-refractivity contribution in [2.45, 2.75) is 26.2 Å². The monoisotopic (exact) mass is 354 g/mol. The molecule has 0 radical (unpaired) electrons. The normalized spacial score (nSPS) is 10.3. The summed E-state index contributed by atoms with van der Waals surface area (Å²) >= 11 is 0. The molecule has 0 aromatic heterocycles. The number of hydrogen-bond acceptors (Lipinski definition) is 3. The van der Waals surface area contributed by atoms with Gasteiger partial charge in [0.2, 0.25) is 5.91 Å². The molecule has 2 amide bonds. The van der Waals surface area contributed by atoms with E-state index in [-0.39, 0.29) is 12.3 Å². The van der Waals surface area contributed by atoms with Crippen LogP contribution in [0.15, 0.2) is 54.6 Å². The van der Waals surface area contributed by atoms with E-state index in [9.17, 15) is 9.59 Å². The van der Waals surface area contributed by atoms with E-state index in [4.69, 9.17) is 10.5 Å². The Balaban J connectivity index is 2.04. The largest absolute Gasteiger partial charge is 0.494 e. The summed E-state index contributed by atoms with van der Waals surface area (Å²) in [5.74, 6) is 0.228. The quantitative estimate of drug-likeness (QED) is 0.713. The number of rotatable bonds is 10. The number of nitrogens with two attached hydrogens (primary N) is 1. The molecule has 5 heteroatoms. The third-order valence-corrected chi connectivity index (χ3v) is 4.00. The maximum Gasteiger partial charge on any atom is 0.253 e. The highest BCUT2D eigenvalue weighted by atomic mass is 16.5. The summed E-state index contributed by atoms with van der Waals surface area (Å²) in [6, 6.07) is 17.1. The first-order chi connectivity index (χ1) is 12.6. The molecular formula is C21H26N2O3. The Morgan fingerprint density at radius 2 is 1.69 bits per heavy atom. The number of carbonyl (C=O) groups excluding carboxylic acids is 2. The molecule has 138 valence electrons. The Morgan fingerprint density at radius 3 is 2.31 bits per heavy atom.